The monoisotopic (exact) mass is 356 g/mol. The Kier molecular flexibility index (Phi) is 8.36. The Morgan fingerprint density at radius 2 is 1.96 bits per heavy atom. The van der Waals surface area contributed by atoms with Gasteiger partial charge in [0.15, 0.2) is 0 Å². The van der Waals surface area contributed by atoms with Crippen LogP contribution in [-0.4, -0.2) is 44.5 Å². The highest BCUT2D eigenvalue weighted by atomic mass is 28.3. The van der Waals surface area contributed by atoms with Crippen LogP contribution in [0.3, 0.4) is 0 Å². The molecule has 0 aromatic heterocycles. The number of benzene rings is 1. The van der Waals surface area contributed by atoms with Crippen LogP contribution in [-0.2, 0) is 4.53 Å². The standard InChI is InChI=1S/C18H31FNO3Si/c1-14(11-18(2,3)4)20(23-24(5)6)12-16(21)13-22-17-9-7-8-15(19)10-17/h7-10,14,16,21H,11-13H2,1-6H3. The Bertz CT molecular complexity index is 493. The van der Waals surface area contributed by atoms with Gasteiger partial charge < -0.3 is 14.4 Å². The lowest BCUT2D eigenvalue weighted by Gasteiger charge is -2.35. The number of hydrogen-bond donors (Lipinski definition) is 1. The molecule has 2 atom stereocenters. The van der Waals surface area contributed by atoms with E-state index in [-0.39, 0.29) is 23.9 Å². The zero-order valence-corrected chi connectivity index (χ0v) is 16.7. The van der Waals surface area contributed by atoms with E-state index in [4.69, 9.17) is 9.26 Å². The van der Waals surface area contributed by atoms with Crippen LogP contribution in [0.15, 0.2) is 24.3 Å². The molecule has 0 aliphatic heterocycles. The quantitative estimate of drug-likeness (QED) is 0.539. The highest BCUT2D eigenvalue weighted by Gasteiger charge is 2.24. The molecule has 0 heterocycles. The van der Waals surface area contributed by atoms with Gasteiger partial charge in [0.2, 0.25) is 9.04 Å². The van der Waals surface area contributed by atoms with Crippen LogP contribution < -0.4 is 4.74 Å². The van der Waals surface area contributed by atoms with Crippen LogP contribution in [0.4, 0.5) is 4.39 Å². The SMILES string of the molecule is CC(CC(C)(C)C)N(CC(O)COc1cccc(F)c1)O[Si](C)C. The Morgan fingerprint density at radius 1 is 1.29 bits per heavy atom. The normalized spacial score (nSPS) is 14.9. The molecule has 2 unspecified atom stereocenters. The second-order valence-electron chi connectivity index (χ2n) is 7.64. The van der Waals surface area contributed by atoms with Crippen molar-refractivity contribution in [1.29, 1.82) is 0 Å². The molecule has 1 aromatic carbocycles. The van der Waals surface area contributed by atoms with Crippen LogP contribution in [0.2, 0.25) is 13.1 Å². The zero-order chi connectivity index (χ0) is 18.3. The summed E-state index contributed by atoms with van der Waals surface area (Å²) >= 11 is 0. The molecule has 1 N–H and O–H groups in total. The van der Waals surface area contributed by atoms with Crippen molar-refractivity contribution < 1.29 is 18.8 Å². The average molecular weight is 357 g/mol. The predicted molar refractivity (Wildman–Crippen MR) is 96.7 cm³/mol. The van der Waals surface area contributed by atoms with Gasteiger partial charge in [-0.25, -0.2) is 4.39 Å². The molecule has 0 spiro atoms. The first-order chi connectivity index (χ1) is 11.1. The number of nitrogens with zero attached hydrogens (tertiary/aromatic N) is 1. The van der Waals surface area contributed by atoms with Crippen molar-refractivity contribution in [3.63, 3.8) is 0 Å². The maximum absolute atomic E-state index is 13.1. The van der Waals surface area contributed by atoms with E-state index in [0.717, 1.165) is 6.42 Å². The molecular weight excluding hydrogens is 325 g/mol. The fraction of sp³-hybridized carbons (Fsp3) is 0.667. The minimum atomic E-state index is -0.925. The van der Waals surface area contributed by atoms with Crippen molar-refractivity contribution in [1.82, 2.24) is 5.06 Å². The zero-order valence-electron chi connectivity index (χ0n) is 15.7. The smallest absolute Gasteiger partial charge is 0.235 e. The first kappa shape index (κ1) is 21.1. The average Bonchev–Trinajstić information content (AvgIpc) is 2.42. The fourth-order valence-corrected chi connectivity index (χ4v) is 3.26. The Morgan fingerprint density at radius 3 is 2.50 bits per heavy atom. The molecule has 0 bridgehead atoms. The van der Waals surface area contributed by atoms with Crippen molar-refractivity contribution in [2.75, 3.05) is 13.2 Å². The Hall–Kier alpha value is -0.953. The number of aliphatic hydroxyl groups excluding tert-OH is 1. The van der Waals surface area contributed by atoms with E-state index in [1.54, 1.807) is 12.1 Å². The third kappa shape index (κ3) is 8.77. The van der Waals surface area contributed by atoms with Crippen LogP contribution in [0, 0.1) is 11.2 Å². The molecule has 0 fully saturated rings. The molecular formula is C18H31FNO3Si. The largest absolute Gasteiger partial charge is 0.491 e. The van der Waals surface area contributed by atoms with Crippen LogP contribution in [0.1, 0.15) is 34.1 Å². The van der Waals surface area contributed by atoms with Gasteiger partial charge in [0.1, 0.15) is 24.3 Å². The van der Waals surface area contributed by atoms with Gasteiger partial charge in [0.05, 0.1) is 6.54 Å². The lowest BCUT2D eigenvalue weighted by molar-refractivity contribution is -0.127. The van der Waals surface area contributed by atoms with Crippen molar-refractivity contribution >= 4 is 9.04 Å². The summed E-state index contributed by atoms with van der Waals surface area (Å²) < 4.78 is 24.6. The van der Waals surface area contributed by atoms with Crippen molar-refractivity contribution in [3.05, 3.63) is 30.1 Å². The predicted octanol–water partition coefficient (Wildman–Crippen LogP) is 3.87. The Labute approximate surface area is 147 Å². The lowest BCUT2D eigenvalue weighted by Crippen LogP contribution is -2.44. The Balaban J connectivity index is 2.58. The summed E-state index contributed by atoms with van der Waals surface area (Å²) in [5, 5.41) is 12.2. The third-order valence-corrected chi connectivity index (χ3v) is 3.93. The van der Waals surface area contributed by atoms with Crippen LogP contribution >= 0.6 is 0 Å². The lowest BCUT2D eigenvalue weighted by atomic mass is 9.88. The van der Waals surface area contributed by atoms with Gasteiger partial charge in [-0.2, -0.15) is 5.06 Å². The summed E-state index contributed by atoms with van der Waals surface area (Å²) in [7, 11) is -0.925. The van der Waals surface area contributed by atoms with Gasteiger partial charge in [0, 0.05) is 12.1 Å². The summed E-state index contributed by atoms with van der Waals surface area (Å²) in [6, 6.07) is 6.11. The molecule has 0 amide bonds. The fourth-order valence-electron chi connectivity index (χ4n) is 2.54. The highest BCUT2D eigenvalue weighted by molar-refractivity contribution is 6.48. The molecule has 0 saturated heterocycles. The van der Waals surface area contributed by atoms with Crippen molar-refractivity contribution in [2.24, 2.45) is 5.41 Å². The summed E-state index contributed by atoms with van der Waals surface area (Å²) in [5.74, 6) is 0.0648. The molecule has 24 heavy (non-hydrogen) atoms. The molecule has 4 nitrogen and oxygen atoms in total. The summed E-state index contributed by atoms with van der Waals surface area (Å²) in [4.78, 5) is 0. The van der Waals surface area contributed by atoms with Crippen molar-refractivity contribution in [3.8, 4) is 5.75 Å². The number of aliphatic hydroxyl groups is 1. The number of ether oxygens (including phenoxy) is 1. The molecule has 0 aliphatic rings. The van der Waals surface area contributed by atoms with Crippen LogP contribution in [0.25, 0.3) is 0 Å². The van der Waals surface area contributed by atoms with E-state index in [9.17, 15) is 9.50 Å². The number of hydroxylamine groups is 2. The summed E-state index contributed by atoms with van der Waals surface area (Å²) in [6.07, 6.45) is 0.247. The molecule has 0 aliphatic carbocycles. The minimum absolute atomic E-state index is 0.0983. The van der Waals surface area contributed by atoms with E-state index in [2.05, 4.69) is 40.8 Å². The molecule has 1 aromatic rings. The van der Waals surface area contributed by atoms with E-state index in [1.165, 1.54) is 12.1 Å². The maximum Gasteiger partial charge on any atom is 0.235 e. The third-order valence-electron chi connectivity index (χ3n) is 3.33. The van der Waals surface area contributed by atoms with E-state index >= 15 is 0 Å². The van der Waals surface area contributed by atoms with Gasteiger partial charge in [-0.15, -0.1) is 0 Å². The van der Waals surface area contributed by atoms with Crippen molar-refractivity contribution in [2.45, 2.75) is 59.4 Å². The molecule has 6 heteroatoms. The maximum atomic E-state index is 13.1. The highest BCUT2D eigenvalue weighted by Crippen LogP contribution is 2.24. The molecule has 0 saturated carbocycles. The van der Waals surface area contributed by atoms with Gasteiger partial charge in [-0.1, -0.05) is 26.8 Å². The van der Waals surface area contributed by atoms with Gasteiger partial charge in [0.25, 0.3) is 0 Å². The first-order valence-electron chi connectivity index (χ1n) is 8.38. The van der Waals surface area contributed by atoms with E-state index in [0.29, 0.717) is 12.3 Å². The minimum Gasteiger partial charge on any atom is -0.491 e. The number of halogens is 1. The van der Waals surface area contributed by atoms with E-state index < -0.39 is 15.1 Å². The topological polar surface area (TPSA) is 41.9 Å². The molecule has 1 radical (unpaired) electrons. The second-order valence-corrected chi connectivity index (χ2v) is 9.63. The first-order valence-corrected chi connectivity index (χ1v) is 10.8. The number of rotatable bonds is 9. The van der Waals surface area contributed by atoms with Crippen LogP contribution in [0.5, 0.6) is 5.75 Å². The van der Waals surface area contributed by atoms with E-state index in [1.807, 2.05) is 5.06 Å². The molecule has 1 rings (SSSR count). The van der Waals surface area contributed by atoms with Gasteiger partial charge in [-0.05, 0) is 44.0 Å². The van der Waals surface area contributed by atoms with Gasteiger partial charge >= 0.3 is 0 Å². The summed E-state index contributed by atoms with van der Waals surface area (Å²) in [5.41, 5.74) is 0.179. The van der Waals surface area contributed by atoms with Gasteiger partial charge in [-0.3, -0.25) is 0 Å². The number of hydrogen-bond acceptors (Lipinski definition) is 4. The summed E-state index contributed by atoms with van der Waals surface area (Å²) in [6.45, 7) is 13.3. The second kappa shape index (κ2) is 9.51. The molecule has 137 valence electrons.